The quantitative estimate of drug-likeness (QED) is 0.863. The van der Waals surface area contributed by atoms with Crippen molar-refractivity contribution in [3.8, 4) is 5.75 Å². The molecule has 0 heterocycles. The van der Waals surface area contributed by atoms with Crippen molar-refractivity contribution in [1.29, 1.82) is 0 Å². The van der Waals surface area contributed by atoms with E-state index in [4.69, 9.17) is 10.5 Å². The fraction of sp³-hybridized carbons (Fsp3) is 0.684. The Morgan fingerprint density at radius 3 is 2.24 bits per heavy atom. The van der Waals surface area contributed by atoms with Gasteiger partial charge in [-0.25, -0.2) is 0 Å². The van der Waals surface area contributed by atoms with Crippen LogP contribution < -0.4 is 10.5 Å². The van der Waals surface area contributed by atoms with Gasteiger partial charge in [-0.3, -0.25) is 0 Å². The Hall–Kier alpha value is -1.02. The number of ether oxygens (including phenoxy) is 1. The van der Waals surface area contributed by atoms with E-state index < -0.39 is 0 Å². The molecule has 0 spiro atoms. The van der Waals surface area contributed by atoms with Crippen LogP contribution in [0.25, 0.3) is 0 Å². The highest BCUT2D eigenvalue weighted by atomic mass is 16.5. The van der Waals surface area contributed by atoms with Gasteiger partial charge in [0.05, 0.1) is 6.10 Å². The van der Waals surface area contributed by atoms with Gasteiger partial charge in [-0.1, -0.05) is 26.0 Å². The van der Waals surface area contributed by atoms with E-state index in [9.17, 15) is 0 Å². The minimum atomic E-state index is 0.260. The molecule has 1 aliphatic carbocycles. The first-order valence-electron chi connectivity index (χ1n) is 8.52. The summed E-state index contributed by atoms with van der Waals surface area (Å²) < 4.78 is 6.32. The van der Waals surface area contributed by atoms with Crippen LogP contribution >= 0.6 is 0 Å². The largest absolute Gasteiger partial charge is 0.490 e. The molecular weight excluding hydrogens is 258 g/mol. The first-order chi connectivity index (χ1) is 9.99. The first kappa shape index (κ1) is 16.4. The molecule has 0 amide bonds. The summed E-state index contributed by atoms with van der Waals surface area (Å²) in [7, 11) is 0. The van der Waals surface area contributed by atoms with Gasteiger partial charge in [0.1, 0.15) is 5.75 Å². The fourth-order valence-electron chi connectivity index (χ4n) is 3.30. The van der Waals surface area contributed by atoms with E-state index in [1.807, 2.05) is 0 Å². The lowest BCUT2D eigenvalue weighted by Gasteiger charge is -2.28. The number of benzene rings is 1. The topological polar surface area (TPSA) is 35.2 Å². The number of nitrogens with two attached hydrogens (primary N) is 1. The van der Waals surface area contributed by atoms with Crippen LogP contribution in [0.2, 0.25) is 0 Å². The third kappa shape index (κ3) is 4.47. The number of hydrogen-bond acceptors (Lipinski definition) is 2. The molecule has 1 aliphatic rings. The van der Waals surface area contributed by atoms with E-state index in [1.165, 1.54) is 42.4 Å². The smallest absolute Gasteiger partial charge is 0.125 e. The first-order valence-corrected chi connectivity index (χ1v) is 8.52. The third-order valence-corrected chi connectivity index (χ3v) is 4.79. The monoisotopic (exact) mass is 289 g/mol. The Morgan fingerprint density at radius 2 is 1.71 bits per heavy atom. The van der Waals surface area contributed by atoms with E-state index in [2.05, 4.69) is 39.8 Å². The number of aryl methyl sites for hydroxylation is 2. The van der Waals surface area contributed by atoms with E-state index in [1.54, 1.807) is 0 Å². The summed E-state index contributed by atoms with van der Waals surface area (Å²) in [5, 5.41) is 0. The summed E-state index contributed by atoms with van der Waals surface area (Å²) in [6.07, 6.45) is 7.38. The van der Waals surface area contributed by atoms with Crippen molar-refractivity contribution in [1.82, 2.24) is 0 Å². The van der Waals surface area contributed by atoms with Gasteiger partial charge < -0.3 is 10.5 Å². The van der Waals surface area contributed by atoms with E-state index >= 15 is 0 Å². The second-order valence-electron chi connectivity index (χ2n) is 6.93. The fourth-order valence-corrected chi connectivity index (χ4v) is 3.30. The average molecular weight is 289 g/mol. The molecule has 0 bridgehead atoms. The molecule has 0 radical (unpaired) electrons. The van der Waals surface area contributed by atoms with Crippen molar-refractivity contribution >= 4 is 0 Å². The molecule has 2 nitrogen and oxygen atoms in total. The van der Waals surface area contributed by atoms with Crippen molar-refractivity contribution in [2.24, 2.45) is 11.7 Å². The summed E-state index contributed by atoms with van der Waals surface area (Å²) >= 11 is 0. The summed E-state index contributed by atoms with van der Waals surface area (Å²) in [5.74, 6) is 1.97. The van der Waals surface area contributed by atoms with Gasteiger partial charge in [-0.2, -0.15) is 0 Å². The predicted octanol–water partition coefficient (Wildman–Crippen LogP) is 4.54. The minimum absolute atomic E-state index is 0.260. The summed E-state index contributed by atoms with van der Waals surface area (Å²) in [4.78, 5) is 0. The highest BCUT2D eigenvalue weighted by molar-refractivity contribution is 5.43. The van der Waals surface area contributed by atoms with Crippen molar-refractivity contribution in [2.75, 3.05) is 0 Å². The Bertz CT molecular complexity index is 438. The van der Waals surface area contributed by atoms with Crippen LogP contribution in [0.5, 0.6) is 5.75 Å². The van der Waals surface area contributed by atoms with Crippen LogP contribution in [0.4, 0.5) is 0 Å². The lowest BCUT2D eigenvalue weighted by Crippen LogP contribution is -2.24. The minimum Gasteiger partial charge on any atom is -0.490 e. The highest BCUT2D eigenvalue weighted by Crippen LogP contribution is 2.31. The number of rotatable bonds is 5. The molecule has 2 heteroatoms. The third-order valence-electron chi connectivity index (χ3n) is 4.79. The molecule has 1 atom stereocenters. The molecule has 2 N–H and O–H groups in total. The second-order valence-corrected chi connectivity index (χ2v) is 6.93. The number of hydrogen-bond donors (Lipinski definition) is 1. The van der Waals surface area contributed by atoms with Gasteiger partial charge in [0.15, 0.2) is 0 Å². The Balaban J connectivity index is 2.06. The van der Waals surface area contributed by atoms with Gasteiger partial charge in [0.25, 0.3) is 0 Å². The normalized spacial score (nSPS) is 23.9. The van der Waals surface area contributed by atoms with E-state index in [0.29, 0.717) is 6.10 Å². The SMILES string of the molecule is CCC(N)Cc1cc(C)c(OC2CCC(C)CC2)c(C)c1. The summed E-state index contributed by atoms with van der Waals surface area (Å²) in [6, 6.07) is 4.77. The maximum absolute atomic E-state index is 6.32. The molecule has 2 rings (SSSR count). The average Bonchev–Trinajstić information content (AvgIpc) is 2.44. The molecule has 1 aromatic rings. The second kappa shape index (κ2) is 7.31. The van der Waals surface area contributed by atoms with Crippen LogP contribution in [0.3, 0.4) is 0 Å². The Kier molecular flexibility index (Phi) is 5.69. The molecule has 0 aliphatic heterocycles. The molecule has 21 heavy (non-hydrogen) atoms. The lowest BCUT2D eigenvalue weighted by molar-refractivity contribution is 0.134. The molecule has 1 unspecified atom stereocenters. The van der Waals surface area contributed by atoms with Gasteiger partial charge in [-0.15, -0.1) is 0 Å². The molecule has 0 aromatic heterocycles. The predicted molar refractivity (Wildman–Crippen MR) is 89.9 cm³/mol. The zero-order valence-corrected chi connectivity index (χ0v) is 14.1. The maximum atomic E-state index is 6.32. The molecule has 0 saturated heterocycles. The summed E-state index contributed by atoms with van der Waals surface area (Å²) in [6.45, 7) is 8.81. The van der Waals surface area contributed by atoms with Crippen molar-refractivity contribution in [2.45, 2.75) is 78.4 Å². The van der Waals surface area contributed by atoms with Crippen LogP contribution in [0, 0.1) is 19.8 Å². The lowest BCUT2D eigenvalue weighted by atomic mass is 9.89. The summed E-state index contributed by atoms with van der Waals surface area (Å²) in [5.41, 5.74) is 9.92. The van der Waals surface area contributed by atoms with Crippen LogP contribution in [0.1, 0.15) is 62.6 Å². The Morgan fingerprint density at radius 1 is 1.14 bits per heavy atom. The van der Waals surface area contributed by atoms with Gasteiger partial charge in [0, 0.05) is 6.04 Å². The van der Waals surface area contributed by atoms with E-state index in [0.717, 1.165) is 24.5 Å². The zero-order valence-electron chi connectivity index (χ0n) is 14.1. The van der Waals surface area contributed by atoms with Crippen molar-refractivity contribution in [3.63, 3.8) is 0 Å². The van der Waals surface area contributed by atoms with Crippen LogP contribution in [0.15, 0.2) is 12.1 Å². The van der Waals surface area contributed by atoms with Crippen molar-refractivity contribution in [3.05, 3.63) is 28.8 Å². The zero-order chi connectivity index (χ0) is 15.4. The van der Waals surface area contributed by atoms with Gasteiger partial charge in [0.2, 0.25) is 0 Å². The van der Waals surface area contributed by atoms with Gasteiger partial charge in [-0.05, 0) is 75.0 Å². The molecule has 1 aromatic carbocycles. The maximum Gasteiger partial charge on any atom is 0.125 e. The standard InChI is InChI=1S/C19H31NO/c1-5-17(20)12-16-10-14(3)19(15(4)11-16)21-18-8-6-13(2)7-9-18/h10-11,13,17-18H,5-9,12,20H2,1-4H3. The van der Waals surface area contributed by atoms with Crippen molar-refractivity contribution < 1.29 is 4.74 Å². The van der Waals surface area contributed by atoms with Gasteiger partial charge >= 0.3 is 0 Å². The Labute approximate surface area is 130 Å². The van der Waals surface area contributed by atoms with Crippen LogP contribution in [-0.4, -0.2) is 12.1 Å². The molecule has 1 saturated carbocycles. The molecule has 118 valence electrons. The molecular formula is C19H31NO. The van der Waals surface area contributed by atoms with E-state index in [-0.39, 0.29) is 6.04 Å². The van der Waals surface area contributed by atoms with Crippen LogP contribution in [-0.2, 0) is 6.42 Å². The highest BCUT2D eigenvalue weighted by Gasteiger charge is 2.21. The molecule has 1 fully saturated rings.